The van der Waals surface area contributed by atoms with E-state index < -0.39 is 18.0 Å². The monoisotopic (exact) mass is 315 g/mol. The molecule has 1 aromatic carbocycles. The summed E-state index contributed by atoms with van der Waals surface area (Å²) in [7, 11) is 1.45. The Balaban J connectivity index is 2.31. The van der Waals surface area contributed by atoms with E-state index in [9.17, 15) is 14.4 Å². The van der Waals surface area contributed by atoms with E-state index >= 15 is 0 Å². The van der Waals surface area contributed by atoms with Gasteiger partial charge in [-0.3, -0.25) is 9.59 Å². The second-order valence-electron chi connectivity index (χ2n) is 4.90. The molecule has 0 unspecified atom stereocenters. The Bertz CT molecular complexity index is 826. The van der Waals surface area contributed by atoms with Crippen LogP contribution in [0.3, 0.4) is 0 Å². The van der Waals surface area contributed by atoms with Crippen molar-refractivity contribution in [2.24, 2.45) is 7.05 Å². The summed E-state index contributed by atoms with van der Waals surface area (Å²) in [4.78, 5) is 36.1. The molecular weight excluding hydrogens is 298 g/mol. The van der Waals surface area contributed by atoms with Gasteiger partial charge in [0, 0.05) is 19.0 Å². The third-order valence-electron chi connectivity index (χ3n) is 3.22. The first kappa shape index (κ1) is 16.4. The fourth-order valence-corrected chi connectivity index (χ4v) is 2.04. The van der Waals surface area contributed by atoms with Crippen molar-refractivity contribution in [3.05, 3.63) is 53.0 Å². The van der Waals surface area contributed by atoms with Crippen molar-refractivity contribution in [1.82, 2.24) is 15.1 Å². The van der Waals surface area contributed by atoms with E-state index in [4.69, 9.17) is 4.74 Å². The second kappa shape index (κ2) is 6.87. The molecule has 1 amide bonds. The van der Waals surface area contributed by atoms with Crippen LogP contribution in [0.25, 0.3) is 10.8 Å². The Hall–Kier alpha value is -2.96. The Kier molecular flexibility index (Phi) is 4.90. The highest BCUT2D eigenvalue weighted by molar-refractivity contribution is 6.02. The van der Waals surface area contributed by atoms with Crippen molar-refractivity contribution in [2.45, 2.75) is 13.0 Å². The lowest BCUT2D eigenvalue weighted by Gasteiger charge is -2.13. The zero-order valence-electron chi connectivity index (χ0n) is 12.9. The van der Waals surface area contributed by atoms with Gasteiger partial charge in [-0.15, -0.1) is 6.58 Å². The predicted molar refractivity (Wildman–Crippen MR) is 85.1 cm³/mol. The van der Waals surface area contributed by atoms with E-state index in [1.54, 1.807) is 24.3 Å². The zero-order valence-corrected chi connectivity index (χ0v) is 12.9. The molecule has 0 bridgehead atoms. The smallest absolute Gasteiger partial charge is 0.360 e. The maximum atomic E-state index is 12.3. The molecular formula is C16H17N3O4. The first-order valence-corrected chi connectivity index (χ1v) is 7.01. The molecule has 0 aliphatic carbocycles. The number of aryl methyl sites for hydroxylation is 1. The first-order valence-electron chi connectivity index (χ1n) is 7.01. The SMILES string of the molecule is C=CCNC(=O)[C@@H](C)OC(=O)c1nn(C)c(=O)c2ccccc12. The average molecular weight is 315 g/mol. The van der Waals surface area contributed by atoms with Gasteiger partial charge in [-0.2, -0.15) is 5.10 Å². The number of nitrogens with zero attached hydrogens (tertiary/aromatic N) is 2. The van der Waals surface area contributed by atoms with Crippen LogP contribution in [-0.4, -0.2) is 34.3 Å². The molecule has 0 radical (unpaired) electrons. The minimum atomic E-state index is -0.986. The minimum Gasteiger partial charge on any atom is -0.448 e. The van der Waals surface area contributed by atoms with E-state index in [-0.39, 0.29) is 17.8 Å². The Morgan fingerprint density at radius 1 is 1.39 bits per heavy atom. The molecule has 0 aliphatic heterocycles. The van der Waals surface area contributed by atoms with E-state index in [1.165, 1.54) is 20.0 Å². The van der Waals surface area contributed by atoms with Gasteiger partial charge in [0.05, 0.1) is 5.39 Å². The van der Waals surface area contributed by atoms with Crippen molar-refractivity contribution >= 4 is 22.6 Å². The number of amides is 1. The summed E-state index contributed by atoms with van der Waals surface area (Å²) in [5.74, 6) is -1.20. The first-order chi connectivity index (χ1) is 11.0. The zero-order chi connectivity index (χ0) is 17.0. The molecule has 1 atom stereocenters. The number of carbonyl (C=O) groups excluding carboxylic acids is 2. The van der Waals surface area contributed by atoms with Crippen LogP contribution in [0.5, 0.6) is 0 Å². The summed E-state index contributed by atoms with van der Waals surface area (Å²) < 4.78 is 6.21. The normalized spacial score (nSPS) is 11.7. The molecule has 120 valence electrons. The van der Waals surface area contributed by atoms with Crippen LogP contribution in [0, 0.1) is 0 Å². The average Bonchev–Trinajstić information content (AvgIpc) is 2.55. The number of ether oxygens (including phenoxy) is 1. The lowest BCUT2D eigenvalue weighted by Crippen LogP contribution is -2.36. The number of nitrogens with one attached hydrogen (secondary N) is 1. The highest BCUT2D eigenvalue weighted by Crippen LogP contribution is 2.14. The number of benzene rings is 1. The van der Waals surface area contributed by atoms with Crippen molar-refractivity contribution in [3.63, 3.8) is 0 Å². The van der Waals surface area contributed by atoms with E-state index in [2.05, 4.69) is 17.0 Å². The third-order valence-corrected chi connectivity index (χ3v) is 3.22. The summed E-state index contributed by atoms with van der Waals surface area (Å²) in [6.45, 7) is 5.23. The highest BCUT2D eigenvalue weighted by atomic mass is 16.5. The molecule has 23 heavy (non-hydrogen) atoms. The number of hydrogen-bond donors (Lipinski definition) is 1. The van der Waals surface area contributed by atoms with Gasteiger partial charge < -0.3 is 10.1 Å². The highest BCUT2D eigenvalue weighted by Gasteiger charge is 2.22. The number of aromatic nitrogens is 2. The quantitative estimate of drug-likeness (QED) is 0.650. The summed E-state index contributed by atoms with van der Waals surface area (Å²) in [5.41, 5.74) is -0.319. The van der Waals surface area contributed by atoms with E-state index in [1.807, 2.05) is 0 Å². The number of hydrogen-bond acceptors (Lipinski definition) is 5. The molecule has 0 fully saturated rings. The van der Waals surface area contributed by atoms with E-state index in [0.717, 1.165) is 4.68 Å². The van der Waals surface area contributed by atoms with Gasteiger partial charge in [-0.25, -0.2) is 9.48 Å². The van der Waals surface area contributed by atoms with Gasteiger partial charge in [0.25, 0.3) is 11.5 Å². The standard InChI is InChI=1S/C16H17N3O4/c1-4-9-17-14(20)10(2)23-16(22)13-11-7-5-6-8-12(11)15(21)19(3)18-13/h4-8,10H,1,9H2,2-3H3,(H,17,20)/t10-/m1/s1. The fourth-order valence-electron chi connectivity index (χ4n) is 2.04. The molecule has 1 N–H and O–H groups in total. The van der Waals surface area contributed by atoms with Gasteiger partial charge in [0.1, 0.15) is 0 Å². The van der Waals surface area contributed by atoms with Crippen molar-refractivity contribution in [2.75, 3.05) is 6.54 Å². The summed E-state index contributed by atoms with van der Waals surface area (Å²) in [5, 5.41) is 7.24. The lowest BCUT2D eigenvalue weighted by molar-refractivity contribution is -0.128. The fraction of sp³-hybridized carbons (Fsp3) is 0.250. The molecule has 1 heterocycles. The number of esters is 1. The molecule has 7 nitrogen and oxygen atoms in total. The maximum Gasteiger partial charge on any atom is 0.360 e. The Labute approximate surface area is 132 Å². The summed E-state index contributed by atoms with van der Waals surface area (Å²) in [6, 6.07) is 6.61. The van der Waals surface area contributed by atoms with Gasteiger partial charge in [-0.1, -0.05) is 24.3 Å². The Morgan fingerprint density at radius 2 is 2.04 bits per heavy atom. The molecule has 0 saturated heterocycles. The third kappa shape index (κ3) is 3.45. The summed E-state index contributed by atoms with van der Waals surface area (Å²) >= 11 is 0. The molecule has 0 saturated carbocycles. The van der Waals surface area contributed by atoms with Crippen LogP contribution in [-0.2, 0) is 16.6 Å². The molecule has 0 aliphatic rings. The maximum absolute atomic E-state index is 12.3. The Morgan fingerprint density at radius 3 is 2.70 bits per heavy atom. The molecule has 2 rings (SSSR count). The number of fused-ring (bicyclic) bond motifs is 1. The summed E-state index contributed by atoms with van der Waals surface area (Å²) in [6.07, 6.45) is 0.536. The largest absolute Gasteiger partial charge is 0.448 e. The number of rotatable bonds is 5. The van der Waals surface area contributed by atoms with E-state index in [0.29, 0.717) is 10.8 Å². The molecule has 1 aromatic heterocycles. The number of carbonyl (C=O) groups is 2. The van der Waals surface area contributed by atoms with Gasteiger partial charge in [-0.05, 0) is 13.0 Å². The lowest BCUT2D eigenvalue weighted by atomic mass is 10.1. The van der Waals surface area contributed by atoms with Crippen molar-refractivity contribution in [3.8, 4) is 0 Å². The topological polar surface area (TPSA) is 90.3 Å². The second-order valence-corrected chi connectivity index (χ2v) is 4.90. The molecule has 0 spiro atoms. The molecule has 7 heteroatoms. The minimum absolute atomic E-state index is 0.00827. The van der Waals surface area contributed by atoms with Gasteiger partial charge in [0.2, 0.25) is 0 Å². The van der Waals surface area contributed by atoms with Crippen molar-refractivity contribution < 1.29 is 14.3 Å². The van der Waals surface area contributed by atoms with Crippen LogP contribution in [0.15, 0.2) is 41.7 Å². The van der Waals surface area contributed by atoms with Crippen LogP contribution < -0.4 is 10.9 Å². The van der Waals surface area contributed by atoms with Crippen LogP contribution >= 0.6 is 0 Å². The van der Waals surface area contributed by atoms with Crippen LogP contribution in [0.2, 0.25) is 0 Å². The van der Waals surface area contributed by atoms with Gasteiger partial charge >= 0.3 is 5.97 Å². The predicted octanol–water partition coefficient (Wildman–Crippen LogP) is 0.781. The van der Waals surface area contributed by atoms with Crippen molar-refractivity contribution in [1.29, 1.82) is 0 Å². The molecule has 2 aromatic rings. The van der Waals surface area contributed by atoms with Crippen LogP contribution in [0.1, 0.15) is 17.4 Å². The van der Waals surface area contributed by atoms with Crippen LogP contribution in [0.4, 0.5) is 0 Å². The van der Waals surface area contributed by atoms with Gasteiger partial charge in [0.15, 0.2) is 11.8 Å².